The smallest absolute Gasteiger partial charge is 0.270 e. The monoisotopic (exact) mass is 312 g/mol. The van der Waals surface area contributed by atoms with Crippen molar-refractivity contribution < 1.29 is 4.79 Å². The summed E-state index contributed by atoms with van der Waals surface area (Å²) < 4.78 is 0. The van der Waals surface area contributed by atoms with Gasteiger partial charge >= 0.3 is 0 Å². The van der Waals surface area contributed by atoms with E-state index in [9.17, 15) is 4.79 Å². The van der Waals surface area contributed by atoms with Gasteiger partial charge in [0, 0.05) is 25.7 Å². The first kappa shape index (κ1) is 16.9. The Kier molecular flexibility index (Phi) is 6.09. The maximum atomic E-state index is 12.2. The third kappa shape index (κ3) is 5.06. The van der Waals surface area contributed by atoms with Crippen LogP contribution < -0.4 is 10.2 Å². The summed E-state index contributed by atoms with van der Waals surface area (Å²) in [4.78, 5) is 22.7. The number of carbonyl (C=O) groups excluding carboxylic acids is 1. The molecule has 1 aromatic heterocycles. The third-order valence-electron chi connectivity index (χ3n) is 3.48. The van der Waals surface area contributed by atoms with Crippen LogP contribution in [0.4, 0.5) is 5.82 Å². The average Bonchev–Trinajstić information content (AvgIpc) is 2.58. The summed E-state index contributed by atoms with van der Waals surface area (Å²) in [6, 6.07) is 12.0. The molecule has 0 aliphatic carbocycles. The Labute approximate surface area is 137 Å². The van der Waals surface area contributed by atoms with Crippen molar-refractivity contribution in [3.05, 3.63) is 54.0 Å². The van der Waals surface area contributed by atoms with E-state index in [1.54, 1.807) is 6.07 Å². The van der Waals surface area contributed by atoms with Crippen LogP contribution in [-0.4, -0.2) is 29.0 Å². The Morgan fingerprint density at radius 1 is 1.22 bits per heavy atom. The zero-order valence-electron chi connectivity index (χ0n) is 14.0. The van der Waals surface area contributed by atoms with Crippen molar-refractivity contribution in [3.8, 4) is 0 Å². The molecule has 0 spiro atoms. The van der Waals surface area contributed by atoms with Gasteiger partial charge in [-0.1, -0.05) is 44.2 Å². The van der Waals surface area contributed by atoms with Gasteiger partial charge in [-0.15, -0.1) is 0 Å². The van der Waals surface area contributed by atoms with Crippen LogP contribution in [0.25, 0.3) is 0 Å². The van der Waals surface area contributed by atoms with Gasteiger partial charge in [-0.3, -0.25) is 4.79 Å². The summed E-state index contributed by atoms with van der Waals surface area (Å²) in [5.74, 6) is 1.02. The molecule has 0 saturated heterocycles. The van der Waals surface area contributed by atoms with E-state index in [1.807, 2.05) is 18.2 Å². The third-order valence-corrected chi connectivity index (χ3v) is 3.48. The van der Waals surface area contributed by atoms with Crippen molar-refractivity contribution in [2.24, 2.45) is 5.92 Å². The van der Waals surface area contributed by atoms with Gasteiger partial charge in [0.15, 0.2) is 0 Å². The van der Waals surface area contributed by atoms with Crippen molar-refractivity contribution in [3.63, 3.8) is 0 Å². The first-order valence-corrected chi connectivity index (χ1v) is 7.99. The Morgan fingerprint density at radius 2 is 1.96 bits per heavy atom. The first-order valence-electron chi connectivity index (χ1n) is 7.99. The molecular formula is C18H24N4O. The highest BCUT2D eigenvalue weighted by Crippen LogP contribution is 2.14. The lowest BCUT2D eigenvalue weighted by atomic mass is 10.2. The average molecular weight is 312 g/mol. The minimum atomic E-state index is -0.155. The number of carbonyl (C=O) groups is 1. The molecule has 0 radical (unpaired) electrons. The van der Waals surface area contributed by atoms with Crippen LogP contribution in [-0.2, 0) is 6.54 Å². The van der Waals surface area contributed by atoms with Crippen LogP contribution >= 0.6 is 0 Å². The van der Waals surface area contributed by atoms with Crippen LogP contribution in [0.15, 0.2) is 42.7 Å². The number of nitrogens with zero attached hydrogens (tertiary/aromatic N) is 3. The zero-order valence-corrected chi connectivity index (χ0v) is 14.0. The summed E-state index contributed by atoms with van der Waals surface area (Å²) in [6.45, 7) is 8.39. The molecule has 0 atom stereocenters. The van der Waals surface area contributed by atoms with Crippen molar-refractivity contribution in [2.45, 2.75) is 27.3 Å². The standard InChI is InChI=1S/C18H24N4O/c1-4-22(12-15-8-6-5-7-9-15)17-10-16(20-13-21-17)18(23)19-11-14(2)3/h5-10,13-14H,4,11-12H2,1-3H3,(H,19,23). The Hall–Kier alpha value is -2.43. The van der Waals surface area contributed by atoms with E-state index in [1.165, 1.54) is 11.9 Å². The molecule has 0 aliphatic rings. The number of anilines is 1. The fourth-order valence-corrected chi connectivity index (χ4v) is 2.19. The molecule has 1 heterocycles. The van der Waals surface area contributed by atoms with Gasteiger partial charge in [0.1, 0.15) is 17.8 Å². The highest BCUT2D eigenvalue weighted by atomic mass is 16.1. The second kappa shape index (κ2) is 8.27. The van der Waals surface area contributed by atoms with Crippen LogP contribution in [0, 0.1) is 5.92 Å². The maximum absolute atomic E-state index is 12.2. The molecule has 0 aliphatic heterocycles. The zero-order chi connectivity index (χ0) is 16.7. The molecule has 0 saturated carbocycles. The molecule has 1 amide bonds. The minimum Gasteiger partial charge on any atom is -0.352 e. The van der Waals surface area contributed by atoms with Crippen molar-refractivity contribution >= 4 is 11.7 Å². The summed E-state index contributed by atoms with van der Waals surface area (Å²) in [7, 11) is 0. The van der Waals surface area contributed by atoms with Gasteiger partial charge in [0.05, 0.1) is 0 Å². The molecular weight excluding hydrogens is 288 g/mol. The number of rotatable bonds is 7. The number of hydrogen-bond acceptors (Lipinski definition) is 4. The number of aromatic nitrogens is 2. The Bertz CT molecular complexity index is 628. The Morgan fingerprint density at radius 3 is 2.61 bits per heavy atom. The van der Waals surface area contributed by atoms with Gasteiger partial charge in [-0.25, -0.2) is 9.97 Å². The van der Waals surface area contributed by atoms with Gasteiger partial charge in [0.2, 0.25) is 0 Å². The molecule has 23 heavy (non-hydrogen) atoms. The fourth-order valence-electron chi connectivity index (χ4n) is 2.19. The maximum Gasteiger partial charge on any atom is 0.270 e. The van der Waals surface area contributed by atoms with Crippen molar-refractivity contribution in [1.29, 1.82) is 0 Å². The summed E-state index contributed by atoms with van der Waals surface area (Å²) >= 11 is 0. The number of nitrogens with one attached hydrogen (secondary N) is 1. The summed E-state index contributed by atoms with van der Waals surface area (Å²) in [6.07, 6.45) is 1.45. The topological polar surface area (TPSA) is 58.1 Å². The van der Waals surface area contributed by atoms with Gasteiger partial charge in [-0.05, 0) is 18.4 Å². The van der Waals surface area contributed by atoms with Crippen LogP contribution in [0.3, 0.4) is 0 Å². The van der Waals surface area contributed by atoms with E-state index in [4.69, 9.17) is 0 Å². The number of amides is 1. The van der Waals surface area contributed by atoms with E-state index in [2.05, 4.69) is 53.1 Å². The van der Waals surface area contributed by atoms with Gasteiger partial charge < -0.3 is 10.2 Å². The second-order valence-electron chi connectivity index (χ2n) is 5.87. The summed E-state index contributed by atoms with van der Waals surface area (Å²) in [5.41, 5.74) is 1.61. The fraction of sp³-hybridized carbons (Fsp3) is 0.389. The van der Waals surface area contributed by atoms with Crippen LogP contribution in [0.2, 0.25) is 0 Å². The molecule has 2 rings (SSSR count). The molecule has 122 valence electrons. The molecule has 1 aromatic carbocycles. The molecule has 0 unspecified atom stereocenters. The molecule has 0 fully saturated rings. The Balaban J connectivity index is 2.11. The van der Waals surface area contributed by atoms with Crippen LogP contribution in [0.5, 0.6) is 0 Å². The van der Waals surface area contributed by atoms with E-state index >= 15 is 0 Å². The largest absolute Gasteiger partial charge is 0.352 e. The lowest BCUT2D eigenvalue weighted by Gasteiger charge is -2.22. The van der Waals surface area contributed by atoms with Gasteiger partial charge in [0.25, 0.3) is 5.91 Å². The lowest BCUT2D eigenvalue weighted by molar-refractivity contribution is 0.0944. The minimum absolute atomic E-state index is 0.155. The summed E-state index contributed by atoms with van der Waals surface area (Å²) in [5, 5.41) is 2.88. The van der Waals surface area contributed by atoms with Crippen molar-refractivity contribution in [1.82, 2.24) is 15.3 Å². The number of benzene rings is 1. The molecule has 5 nitrogen and oxygen atoms in total. The van der Waals surface area contributed by atoms with E-state index in [0.717, 1.165) is 18.9 Å². The highest BCUT2D eigenvalue weighted by molar-refractivity contribution is 5.92. The predicted octanol–water partition coefficient (Wildman–Crippen LogP) is 2.89. The normalized spacial score (nSPS) is 10.6. The van der Waals surface area contributed by atoms with Crippen molar-refractivity contribution in [2.75, 3.05) is 18.0 Å². The molecule has 1 N–H and O–H groups in total. The van der Waals surface area contributed by atoms with E-state index in [-0.39, 0.29) is 5.91 Å². The lowest BCUT2D eigenvalue weighted by Crippen LogP contribution is -2.29. The highest BCUT2D eigenvalue weighted by Gasteiger charge is 2.12. The van der Waals surface area contributed by atoms with Crippen LogP contribution in [0.1, 0.15) is 36.8 Å². The predicted molar refractivity (Wildman–Crippen MR) is 92.4 cm³/mol. The van der Waals surface area contributed by atoms with Gasteiger partial charge in [-0.2, -0.15) is 0 Å². The quantitative estimate of drug-likeness (QED) is 0.854. The SMILES string of the molecule is CCN(Cc1ccccc1)c1cc(C(=O)NCC(C)C)ncn1. The molecule has 0 bridgehead atoms. The van der Waals surface area contributed by atoms with E-state index < -0.39 is 0 Å². The first-order chi connectivity index (χ1) is 11.1. The second-order valence-corrected chi connectivity index (χ2v) is 5.87. The molecule has 5 heteroatoms. The number of hydrogen-bond donors (Lipinski definition) is 1. The molecule has 2 aromatic rings. The van der Waals surface area contributed by atoms with E-state index in [0.29, 0.717) is 18.2 Å².